The van der Waals surface area contributed by atoms with E-state index in [1.54, 1.807) is 7.11 Å². The number of hydrogen-bond acceptors (Lipinski definition) is 2. The minimum absolute atomic E-state index is 0.0520. The van der Waals surface area contributed by atoms with Crippen molar-refractivity contribution in [3.05, 3.63) is 29.3 Å². The first kappa shape index (κ1) is 10.7. The topological polar surface area (TPSA) is 38.3 Å². The zero-order valence-corrected chi connectivity index (χ0v) is 8.76. The summed E-state index contributed by atoms with van der Waals surface area (Å²) in [6.45, 7) is 4.10. The highest BCUT2D eigenvalue weighted by Crippen LogP contribution is 2.15. The van der Waals surface area contributed by atoms with Crippen LogP contribution >= 0.6 is 0 Å². The average Bonchev–Trinajstić information content (AvgIpc) is 2.09. The van der Waals surface area contributed by atoms with Crippen molar-refractivity contribution in [3.63, 3.8) is 0 Å². The van der Waals surface area contributed by atoms with E-state index in [0.29, 0.717) is 6.61 Å². The van der Waals surface area contributed by atoms with E-state index in [0.717, 1.165) is 16.8 Å². The van der Waals surface area contributed by atoms with Gasteiger partial charge in [0, 0.05) is 19.7 Å². The number of hydrogen-bond donors (Lipinski definition) is 1. The van der Waals surface area contributed by atoms with Crippen LogP contribution in [0.2, 0.25) is 0 Å². The number of rotatable bonds is 3. The average molecular weight is 193 g/mol. The molecular formula is C11H15NO2. The Morgan fingerprint density at radius 2 is 2.21 bits per heavy atom. The van der Waals surface area contributed by atoms with Crippen molar-refractivity contribution in [2.45, 2.75) is 20.5 Å². The molecule has 3 nitrogen and oxygen atoms in total. The summed E-state index contributed by atoms with van der Waals surface area (Å²) in [7, 11) is 1.67. The van der Waals surface area contributed by atoms with Crippen molar-refractivity contribution in [1.82, 2.24) is 0 Å². The summed E-state index contributed by atoms with van der Waals surface area (Å²) in [5, 5.41) is 2.74. The molecule has 76 valence electrons. The van der Waals surface area contributed by atoms with Crippen LogP contribution in [-0.4, -0.2) is 13.0 Å². The van der Waals surface area contributed by atoms with Gasteiger partial charge in [-0.2, -0.15) is 0 Å². The van der Waals surface area contributed by atoms with Crippen LogP contribution in [0.25, 0.3) is 0 Å². The molecule has 1 N–H and O–H groups in total. The summed E-state index contributed by atoms with van der Waals surface area (Å²) in [5.74, 6) is -0.0520. The molecule has 1 aromatic rings. The number of amides is 1. The van der Waals surface area contributed by atoms with Crippen molar-refractivity contribution in [3.8, 4) is 0 Å². The second kappa shape index (κ2) is 4.77. The lowest BCUT2D eigenvalue weighted by atomic mass is 10.1. The molecule has 0 bridgehead atoms. The first-order valence-electron chi connectivity index (χ1n) is 4.49. The monoisotopic (exact) mass is 193 g/mol. The number of anilines is 1. The van der Waals surface area contributed by atoms with E-state index in [1.807, 2.05) is 25.1 Å². The Hall–Kier alpha value is -1.35. The standard InChI is InChI=1S/C11H15NO2/c1-8-6-11(12-9(2)13)5-4-10(8)7-14-3/h4-6H,7H2,1-3H3,(H,12,13). The van der Waals surface area contributed by atoms with Crippen LogP contribution in [0.5, 0.6) is 0 Å². The van der Waals surface area contributed by atoms with Crippen LogP contribution < -0.4 is 5.32 Å². The van der Waals surface area contributed by atoms with Gasteiger partial charge in [-0.3, -0.25) is 4.79 Å². The molecule has 0 aliphatic heterocycles. The normalized spacial score (nSPS) is 9.93. The molecule has 0 atom stereocenters. The largest absolute Gasteiger partial charge is 0.380 e. The van der Waals surface area contributed by atoms with Crippen LogP contribution in [0, 0.1) is 6.92 Å². The minimum Gasteiger partial charge on any atom is -0.380 e. The van der Waals surface area contributed by atoms with Crippen molar-refractivity contribution in [2.24, 2.45) is 0 Å². The van der Waals surface area contributed by atoms with Crippen LogP contribution in [0.4, 0.5) is 5.69 Å². The Kier molecular flexibility index (Phi) is 3.65. The van der Waals surface area contributed by atoms with Gasteiger partial charge in [-0.1, -0.05) is 6.07 Å². The lowest BCUT2D eigenvalue weighted by molar-refractivity contribution is -0.114. The van der Waals surface area contributed by atoms with Crippen LogP contribution in [0.1, 0.15) is 18.1 Å². The molecule has 0 radical (unpaired) electrons. The molecule has 0 saturated heterocycles. The Morgan fingerprint density at radius 1 is 1.50 bits per heavy atom. The number of methoxy groups -OCH3 is 1. The molecule has 0 aliphatic rings. The molecule has 0 fully saturated rings. The molecule has 1 aromatic carbocycles. The van der Waals surface area contributed by atoms with Gasteiger partial charge < -0.3 is 10.1 Å². The van der Waals surface area contributed by atoms with Crippen LogP contribution in [0.15, 0.2) is 18.2 Å². The van der Waals surface area contributed by atoms with Crippen LogP contribution in [0.3, 0.4) is 0 Å². The highest BCUT2D eigenvalue weighted by Gasteiger charge is 2.00. The summed E-state index contributed by atoms with van der Waals surface area (Å²) in [4.78, 5) is 10.8. The fourth-order valence-electron chi connectivity index (χ4n) is 1.29. The van der Waals surface area contributed by atoms with Gasteiger partial charge in [0.25, 0.3) is 0 Å². The van der Waals surface area contributed by atoms with Gasteiger partial charge in [0.1, 0.15) is 0 Å². The Balaban J connectivity index is 2.83. The van der Waals surface area contributed by atoms with Crippen molar-refractivity contribution < 1.29 is 9.53 Å². The zero-order valence-electron chi connectivity index (χ0n) is 8.76. The third-order valence-corrected chi connectivity index (χ3v) is 1.96. The molecule has 3 heteroatoms. The van der Waals surface area contributed by atoms with E-state index >= 15 is 0 Å². The third kappa shape index (κ3) is 2.85. The van der Waals surface area contributed by atoms with Gasteiger partial charge in [0.15, 0.2) is 0 Å². The molecule has 0 unspecified atom stereocenters. The maximum absolute atomic E-state index is 10.8. The van der Waals surface area contributed by atoms with E-state index in [-0.39, 0.29) is 5.91 Å². The first-order valence-corrected chi connectivity index (χ1v) is 4.49. The third-order valence-electron chi connectivity index (χ3n) is 1.96. The smallest absolute Gasteiger partial charge is 0.221 e. The number of aryl methyl sites for hydroxylation is 1. The lowest BCUT2D eigenvalue weighted by Gasteiger charge is -2.07. The fourth-order valence-corrected chi connectivity index (χ4v) is 1.29. The molecule has 1 amide bonds. The van der Waals surface area contributed by atoms with Gasteiger partial charge >= 0.3 is 0 Å². The summed E-state index contributed by atoms with van der Waals surface area (Å²) in [6.07, 6.45) is 0. The maximum atomic E-state index is 10.8. The quantitative estimate of drug-likeness (QED) is 0.798. The Labute approximate surface area is 84.1 Å². The molecule has 1 rings (SSSR count). The van der Waals surface area contributed by atoms with Gasteiger partial charge in [0.05, 0.1) is 6.61 Å². The molecule has 14 heavy (non-hydrogen) atoms. The Morgan fingerprint density at radius 3 is 2.71 bits per heavy atom. The molecule has 0 spiro atoms. The van der Waals surface area contributed by atoms with E-state index in [1.165, 1.54) is 6.92 Å². The van der Waals surface area contributed by atoms with Crippen molar-refractivity contribution in [2.75, 3.05) is 12.4 Å². The molecule has 0 heterocycles. The highest BCUT2D eigenvalue weighted by atomic mass is 16.5. The number of ether oxygens (including phenoxy) is 1. The maximum Gasteiger partial charge on any atom is 0.221 e. The van der Waals surface area contributed by atoms with E-state index in [4.69, 9.17) is 4.74 Å². The molecule has 0 aromatic heterocycles. The number of carbonyl (C=O) groups is 1. The second-order valence-electron chi connectivity index (χ2n) is 3.26. The lowest BCUT2D eigenvalue weighted by Crippen LogP contribution is -2.06. The first-order chi connectivity index (χ1) is 6.63. The predicted molar refractivity (Wildman–Crippen MR) is 56.2 cm³/mol. The summed E-state index contributed by atoms with van der Waals surface area (Å²) < 4.78 is 5.04. The zero-order chi connectivity index (χ0) is 10.6. The number of nitrogens with one attached hydrogen (secondary N) is 1. The minimum atomic E-state index is -0.0520. The van der Waals surface area contributed by atoms with E-state index in [9.17, 15) is 4.79 Å². The SMILES string of the molecule is COCc1ccc(NC(C)=O)cc1C. The number of benzene rings is 1. The van der Waals surface area contributed by atoms with Gasteiger partial charge in [-0.25, -0.2) is 0 Å². The van der Waals surface area contributed by atoms with Crippen molar-refractivity contribution >= 4 is 11.6 Å². The predicted octanol–water partition coefficient (Wildman–Crippen LogP) is 2.10. The molecule has 0 aliphatic carbocycles. The summed E-state index contributed by atoms with van der Waals surface area (Å²) in [6, 6.07) is 5.78. The van der Waals surface area contributed by atoms with E-state index in [2.05, 4.69) is 5.32 Å². The van der Waals surface area contributed by atoms with Crippen LogP contribution in [-0.2, 0) is 16.1 Å². The highest BCUT2D eigenvalue weighted by molar-refractivity contribution is 5.88. The summed E-state index contributed by atoms with van der Waals surface area (Å²) >= 11 is 0. The van der Waals surface area contributed by atoms with Crippen molar-refractivity contribution in [1.29, 1.82) is 0 Å². The summed E-state index contributed by atoms with van der Waals surface area (Å²) in [5.41, 5.74) is 3.09. The molecule has 0 saturated carbocycles. The molecular weight excluding hydrogens is 178 g/mol. The Bertz CT molecular complexity index is 334. The van der Waals surface area contributed by atoms with E-state index < -0.39 is 0 Å². The van der Waals surface area contributed by atoms with Gasteiger partial charge in [-0.05, 0) is 30.2 Å². The number of carbonyl (C=O) groups excluding carboxylic acids is 1. The second-order valence-corrected chi connectivity index (χ2v) is 3.26. The fraction of sp³-hybridized carbons (Fsp3) is 0.364. The van der Waals surface area contributed by atoms with Gasteiger partial charge in [0.2, 0.25) is 5.91 Å². The van der Waals surface area contributed by atoms with Gasteiger partial charge in [-0.15, -0.1) is 0 Å².